The number of aliphatic imine (C=N–C) groups is 1. The molecule has 1 aliphatic rings. The minimum absolute atomic E-state index is 0. The number of rotatable bonds is 7. The lowest BCUT2D eigenvalue weighted by Crippen LogP contribution is -2.40. The van der Waals surface area contributed by atoms with Crippen molar-refractivity contribution in [2.45, 2.75) is 44.9 Å². The highest BCUT2D eigenvalue weighted by Crippen LogP contribution is 2.48. The zero-order chi connectivity index (χ0) is 15.1. The zero-order valence-corrected chi connectivity index (χ0v) is 16.5. The number of nitrogens with one attached hydrogen (secondary N) is 1. The largest absolute Gasteiger partial charge is 0.357 e. The molecule has 0 saturated heterocycles. The molecule has 0 radical (unpaired) electrons. The number of hydrogen-bond donors (Lipinski definition) is 1. The molecule has 0 aromatic heterocycles. The number of guanidine groups is 1. The van der Waals surface area contributed by atoms with Crippen LogP contribution in [0.3, 0.4) is 0 Å². The highest BCUT2D eigenvalue weighted by molar-refractivity contribution is 14.0. The maximum atomic E-state index is 4.91. The summed E-state index contributed by atoms with van der Waals surface area (Å²) in [6, 6.07) is 10.9. The third kappa shape index (κ3) is 5.14. The Balaban J connectivity index is 0.00000242. The predicted octanol–water partition coefficient (Wildman–Crippen LogP) is 4.03. The van der Waals surface area contributed by atoms with Crippen molar-refractivity contribution in [2.24, 2.45) is 4.99 Å². The number of benzene rings is 1. The Morgan fingerprint density at radius 1 is 1.23 bits per heavy atom. The highest BCUT2D eigenvalue weighted by Gasteiger charge is 2.44. The van der Waals surface area contributed by atoms with E-state index in [1.54, 1.807) is 0 Å². The van der Waals surface area contributed by atoms with Gasteiger partial charge >= 0.3 is 0 Å². The number of unbranched alkanes of at least 4 members (excludes halogenated alkanes) is 1. The van der Waals surface area contributed by atoms with Gasteiger partial charge in [-0.3, -0.25) is 4.99 Å². The summed E-state index contributed by atoms with van der Waals surface area (Å²) < 4.78 is 0. The van der Waals surface area contributed by atoms with Crippen LogP contribution in [-0.4, -0.2) is 37.5 Å². The van der Waals surface area contributed by atoms with E-state index in [0.717, 1.165) is 25.6 Å². The van der Waals surface area contributed by atoms with Gasteiger partial charge in [-0.05, 0) is 31.7 Å². The summed E-state index contributed by atoms with van der Waals surface area (Å²) in [6.07, 6.45) is 4.96. The Hall–Kier alpha value is -0.780. The molecule has 1 aromatic rings. The van der Waals surface area contributed by atoms with Crippen molar-refractivity contribution in [3.8, 4) is 0 Å². The Kier molecular flexibility index (Phi) is 8.21. The molecule has 0 unspecified atom stereocenters. The average Bonchev–Trinajstić information content (AvgIpc) is 3.31. The van der Waals surface area contributed by atoms with Gasteiger partial charge in [0, 0.05) is 25.6 Å². The molecule has 0 bridgehead atoms. The lowest BCUT2D eigenvalue weighted by Gasteiger charge is -2.23. The molecule has 0 spiro atoms. The molecule has 22 heavy (non-hydrogen) atoms. The topological polar surface area (TPSA) is 27.6 Å². The molecule has 0 atom stereocenters. The van der Waals surface area contributed by atoms with Crippen LogP contribution < -0.4 is 5.32 Å². The van der Waals surface area contributed by atoms with E-state index in [0.29, 0.717) is 5.41 Å². The lowest BCUT2D eigenvalue weighted by atomic mass is 9.96. The van der Waals surface area contributed by atoms with Crippen molar-refractivity contribution in [1.82, 2.24) is 10.2 Å². The second-order valence-corrected chi connectivity index (χ2v) is 6.09. The molecule has 1 N–H and O–H groups in total. The summed E-state index contributed by atoms with van der Waals surface area (Å²) in [4.78, 5) is 7.17. The number of halogens is 1. The maximum absolute atomic E-state index is 4.91. The van der Waals surface area contributed by atoms with Gasteiger partial charge in [-0.15, -0.1) is 24.0 Å². The second-order valence-electron chi connectivity index (χ2n) is 6.09. The third-order valence-electron chi connectivity index (χ3n) is 4.31. The van der Waals surface area contributed by atoms with Gasteiger partial charge < -0.3 is 10.2 Å². The molecule has 124 valence electrons. The molecule has 0 heterocycles. The van der Waals surface area contributed by atoms with Crippen LogP contribution in [0.25, 0.3) is 0 Å². The van der Waals surface area contributed by atoms with Crippen molar-refractivity contribution in [2.75, 3.05) is 26.7 Å². The lowest BCUT2D eigenvalue weighted by molar-refractivity contribution is 0.463. The Labute approximate surface area is 152 Å². The van der Waals surface area contributed by atoms with Crippen LogP contribution in [0.1, 0.15) is 45.1 Å². The van der Waals surface area contributed by atoms with Crippen LogP contribution in [0.2, 0.25) is 0 Å². The molecular formula is C18H30IN3. The number of hydrogen-bond acceptors (Lipinski definition) is 1. The van der Waals surface area contributed by atoms with E-state index < -0.39 is 0 Å². The maximum Gasteiger partial charge on any atom is 0.193 e. The van der Waals surface area contributed by atoms with E-state index in [9.17, 15) is 0 Å². The van der Waals surface area contributed by atoms with E-state index in [-0.39, 0.29) is 24.0 Å². The van der Waals surface area contributed by atoms with Crippen LogP contribution in [0.15, 0.2) is 35.3 Å². The second kappa shape index (κ2) is 9.38. The van der Waals surface area contributed by atoms with Crippen molar-refractivity contribution in [1.29, 1.82) is 0 Å². The Bertz CT molecular complexity index is 455. The van der Waals surface area contributed by atoms with Gasteiger partial charge in [0.2, 0.25) is 0 Å². The first-order chi connectivity index (χ1) is 10.2. The SMILES string of the molecule is CCCCN(C)C(=NCC1(c2ccccc2)CC1)NCC.I. The molecule has 1 fully saturated rings. The van der Waals surface area contributed by atoms with Crippen LogP contribution >= 0.6 is 24.0 Å². The molecule has 1 aliphatic carbocycles. The Morgan fingerprint density at radius 2 is 1.91 bits per heavy atom. The molecule has 2 rings (SSSR count). The summed E-state index contributed by atoms with van der Waals surface area (Å²) in [7, 11) is 2.14. The summed E-state index contributed by atoms with van der Waals surface area (Å²) in [6.45, 7) is 7.25. The summed E-state index contributed by atoms with van der Waals surface area (Å²) in [5.41, 5.74) is 1.74. The van der Waals surface area contributed by atoms with E-state index in [4.69, 9.17) is 4.99 Å². The summed E-state index contributed by atoms with van der Waals surface area (Å²) in [5, 5.41) is 3.42. The normalized spacial score (nSPS) is 15.9. The fourth-order valence-electron chi connectivity index (χ4n) is 2.68. The van der Waals surface area contributed by atoms with E-state index in [2.05, 4.69) is 61.4 Å². The summed E-state index contributed by atoms with van der Waals surface area (Å²) in [5.74, 6) is 1.05. The quantitative estimate of drug-likeness (QED) is 0.414. The first-order valence-electron chi connectivity index (χ1n) is 8.27. The molecule has 1 aromatic carbocycles. The summed E-state index contributed by atoms with van der Waals surface area (Å²) >= 11 is 0. The van der Waals surface area contributed by atoms with E-state index >= 15 is 0 Å². The molecule has 3 nitrogen and oxygen atoms in total. The average molecular weight is 415 g/mol. The van der Waals surface area contributed by atoms with Crippen LogP contribution in [0, 0.1) is 0 Å². The smallest absolute Gasteiger partial charge is 0.193 e. The van der Waals surface area contributed by atoms with Gasteiger partial charge in [-0.25, -0.2) is 0 Å². The van der Waals surface area contributed by atoms with Crippen LogP contribution in [0.4, 0.5) is 0 Å². The minimum Gasteiger partial charge on any atom is -0.357 e. The first kappa shape index (κ1) is 19.3. The van der Waals surface area contributed by atoms with Gasteiger partial charge in [-0.1, -0.05) is 43.7 Å². The van der Waals surface area contributed by atoms with Crippen LogP contribution in [0.5, 0.6) is 0 Å². The standard InChI is InChI=1S/C18H29N3.HI/c1-4-6-14-21(3)17(19-5-2)20-15-18(12-13-18)16-10-8-7-9-11-16;/h7-11H,4-6,12-15H2,1-3H3,(H,19,20);1H. The van der Waals surface area contributed by atoms with E-state index in [1.165, 1.54) is 31.2 Å². The van der Waals surface area contributed by atoms with Gasteiger partial charge in [0.25, 0.3) is 0 Å². The van der Waals surface area contributed by atoms with Crippen molar-refractivity contribution in [3.63, 3.8) is 0 Å². The highest BCUT2D eigenvalue weighted by atomic mass is 127. The van der Waals surface area contributed by atoms with Gasteiger partial charge in [0.05, 0.1) is 6.54 Å². The third-order valence-corrected chi connectivity index (χ3v) is 4.31. The van der Waals surface area contributed by atoms with Crippen molar-refractivity contribution >= 4 is 29.9 Å². The Morgan fingerprint density at radius 3 is 2.45 bits per heavy atom. The number of nitrogens with zero attached hydrogens (tertiary/aromatic N) is 2. The van der Waals surface area contributed by atoms with E-state index in [1.807, 2.05) is 0 Å². The molecule has 0 aliphatic heterocycles. The van der Waals surface area contributed by atoms with Gasteiger partial charge in [-0.2, -0.15) is 0 Å². The monoisotopic (exact) mass is 415 g/mol. The molecule has 1 saturated carbocycles. The van der Waals surface area contributed by atoms with Crippen molar-refractivity contribution < 1.29 is 0 Å². The van der Waals surface area contributed by atoms with Gasteiger partial charge in [0.15, 0.2) is 5.96 Å². The van der Waals surface area contributed by atoms with Crippen LogP contribution in [-0.2, 0) is 5.41 Å². The molecule has 0 amide bonds. The van der Waals surface area contributed by atoms with Gasteiger partial charge in [0.1, 0.15) is 0 Å². The van der Waals surface area contributed by atoms with Crippen molar-refractivity contribution in [3.05, 3.63) is 35.9 Å². The fourth-order valence-corrected chi connectivity index (χ4v) is 2.68. The zero-order valence-electron chi connectivity index (χ0n) is 14.1. The predicted molar refractivity (Wildman–Crippen MR) is 106 cm³/mol. The fraction of sp³-hybridized carbons (Fsp3) is 0.611. The molecular weight excluding hydrogens is 385 g/mol. The molecule has 4 heteroatoms. The minimum atomic E-state index is 0. The first-order valence-corrected chi connectivity index (χ1v) is 8.27.